The Labute approximate surface area is 163 Å². The molecule has 1 heterocycles. The fourth-order valence-electron chi connectivity index (χ4n) is 2.84. The smallest absolute Gasteiger partial charge is 0.295 e. The molecule has 0 saturated carbocycles. The first-order valence-corrected chi connectivity index (χ1v) is 8.62. The highest BCUT2D eigenvalue weighted by Gasteiger charge is 2.18. The monoisotopic (exact) mass is 396 g/mol. The summed E-state index contributed by atoms with van der Waals surface area (Å²) in [6, 6.07) is 9.10. The average Bonchev–Trinajstić information content (AvgIpc) is 2.96. The third kappa shape index (κ3) is 3.81. The van der Waals surface area contributed by atoms with Crippen LogP contribution in [0.15, 0.2) is 52.7 Å². The average molecular weight is 396 g/mol. The number of nitro groups is 1. The molecular formula is C19H16N4O6. The first-order chi connectivity index (χ1) is 13.8. The van der Waals surface area contributed by atoms with E-state index in [1.807, 2.05) is 6.92 Å². The van der Waals surface area contributed by atoms with Crippen molar-refractivity contribution >= 4 is 28.3 Å². The Kier molecular flexibility index (Phi) is 5.35. The Bertz CT molecular complexity index is 1160. The van der Waals surface area contributed by atoms with Crippen LogP contribution in [-0.2, 0) is 6.54 Å². The number of nitro benzene ring substituents is 1. The fraction of sp³-hybridized carbons (Fsp3) is 0.158. The molecule has 148 valence electrons. The number of carbonyl (C=O) groups excluding carboxylic acids is 2. The minimum Gasteiger partial charge on any atom is -0.494 e. The molecule has 0 radical (unpaired) electrons. The lowest BCUT2D eigenvalue weighted by atomic mass is 10.1. The van der Waals surface area contributed by atoms with Crippen LogP contribution in [0.2, 0.25) is 0 Å². The van der Waals surface area contributed by atoms with Crippen molar-refractivity contribution in [3.8, 4) is 11.8 Å². The van der Waals surface area contributed by atoms with E-state index in [-0.39, 0.29) is 34.0 Å². The molecule has 0 saturated heterocycles. The highest BCUT2D eigenvalue weighted by molar-refractivity contribution is 6.03. The van der Waals surface area contributed by atoms with Gasteiger partial charge in [-0.3, -0.25) is 24.3 Å². The predicted molar refractivity (Wildman–Crippen MR) is 102 cm³/mol. The number of benzene rings is 2. The van der Waals surface area contributed by atoms with Gasteiger partial charge in [0.2, 0.25) is 11.8 Å². The number of fused-ring (bicyclic) bond motifs is 1. The van der Waals surface area contributed by atoms with E-state index in [9.17, 15) is 29.9 Å². The zero-order valence-electron chi connectivity index (χ0n) is 15.3. The third-order valence-electron chi connectivity index (χ3n) is 4.24. The van der Waals surface area contributed by atoms with E-state index in [0.29, 0.717) is 18.4 Å². The Hall–Kier alpha value is -4.08. The van der Waals surface area contributed by atoms with Gasteiger partial charge in [-0.15, -0.1) is 10.2 Å². The molecule has 2 N–H and O–H groups in total. The third-order valence-corrected chi connectivity index (χ3v) is 4.24. The van der Waals surface area contributed by atoms with Crippen molar-refractivity contribution in [3.05, 3.63) is 63.7 Å². The van der Waals surface area contributed by atoms with Crippen LogP contribution in [0.1, 0.15) is 34.1 Å². The van der Waals surface area contributed by atoms with Crippen LogP contribution in [0.25, 0.3) is 10.8 Å². The van der Waals surface area contributed by atoms with Crippen molar-refractivity contribution in [2.75, 3.05) is 0 Å². The zero-order valence-corrected chi connectivity index (χ0v) is 15.3. The van der Waals surface area contributed by atoms with Crippen molar-refractivity contribution in [2.45, 2.75) is 19.9 Å². The quantitative estimate of drug-likeness (QED) is 0.381. The number of hydrogen-bond acceptors (Lipinski definition) is 6. The molecule has 29 heavy (non-hydrogen) atoms. The van der Waals surface area contributed by atoms with Gasteiger partial charge in [0.1, 0.15) is 0 Å². The lowest BCUT2D eigenvalue weighted by Crippen LogP contribution is -1.99. The van der Waals surface area contributed by atoms with Gasteiger partial charge in [-0.25, -0.2) is 0 Å². The Morgan fingerprint density at radius 3 is 2.24 bits per heavy atom. The van der Waals surface area contributed by atoms with Crippen molar-refractivity contribution in [1.82, 2.24) is 4.57 Å². The molecule has 2 amide bonds. The largest absolute Gasteiger partial charge is 0.494 e. The summed E-state index contributed by atoms with van der Waals surface area (Å²) in [6.45, 7) is 2.28. The van der Waals surface area contributed by atoms with Gasteiger partial charge in [0.15, 0.2) is 0 Å². The molecule has 0 atom stereocenters. The molecule has 1 aromatic heterocycles. The molecule has 0 fully saturated rings. The molecule has 0 bridgehead atoms. The van der Waals surface area contributed by atoms with E-state index in [1.165, 1.54) is 41.0 Å². The maximum Gasteiger partial charge on any atom is 0.295 e. The lowest BCUT2D eigenvalue weighted by Gasteiger charge is -2.03. The number of amides is 2. The van der Waals surface area contributed by atoms with E-state index in [2.05, 4.69) is 10.2 Å². The lowest BCUT2D eigenvalue weighted by molar-refractivity contribution is -0.384. The second kappa shape index (κ2) is 7.89. The highest BCUT2D eigenvalue weighted by Crippen LogP contribution is 2.36. The second-order valence-electron chi connectivity index (χ2n) is 6.18. The molecule has 0 spiro atoms. The van der Waals surface area contributed by atoms with Crippen LogP contribution in [0, 0.1) is 10.1 Å². The first-order valence-electron chi connectivity index (χ1n) is 8.62. The summed E-state index contributed by atoms with van der Waals surface area (Å²) in [5.41, 5.74) is -0.308. The van der Waals surface area contributed by atoms with Crippen LogP contribution in [0.5, 0.6) is 11.8 Å². The van der Waals surface area contributed by atoms with Crippen molar-refractivity contribution in [1.29, 1.82) is 0 Å². The van der Waals surface area contributed by atoms with Crippen molar-refractivity contribution in [2.24, 2.45) is 10.2 Å². The molecule has 0 unspecified atom stereocenters. The van der Waals surface area contributed by atoms with Crippen LogP contribution in [-0.4, -0.2) is 31.5 Å². The normalized spacial score (nSPS) is 11.2. The van der Waals surface area contributed by atoms with Gasteiger partial charge in [-0.1, -0.05) is 13.0 Å². The van der Waals surface area contributed by atoms with Crippen molar-refractivity contribution < 1.29 is 24.7 Å². The summed E-state index contributed by atoms with van der Waals surface area (Å²) < 4.78 is 1.33. The minimum atomic E-state index is -0.905. The second-order valence-corrected chi connectivity index (χ2v) is 6.18. The molecule has 0 aliphatic carbocycles. The predicted octanol–water partition coefficient (Wildman–Crippen LogP) is 3.80. The number of azo groups is 1. The summed E-state index contributed by atoms with van der Waals surface area (Å²) in [5.74, 6) is -2.04. The standard InChI is InChI=1S/C19H16N4O6/c1-2-8-22-18(26)14-7-6-12(10-15(14)19(22)27)17(25)21-20-16(24)11-4-3-5-13(9-11)23(28)29/h3-7,9-10,26-27H,2,8H2,1H3. The van der Waals surface area contributed by atoms with Crippen LogP contribution >= 0.6 is 0 Å². The first kappa shape index (κ1) is 19.7. The topological polar surface area (TPSA) is 147 Å². The van der Waals surface area contributed by atoms with Gasteiger partial charge in [-0.05, 0) is 30.7 Å². The number of aromatic hydroxyl groups is 2. The maximum atomic E-state index is 12.3. The molecule has 0 aliphatic heterocycles. The summed E-state index contributed by atoms with van der Waals surface area (Å²) in [4.78, 5) is 34.4. The number of aromatic nitrogens is 1. The van der Waals surface area contributed by atoms with Crippen molar-refractivity contribution in [3.63, 3.8) is 0 Å². The summed E-state index contributed by atoms with van der Waals surface area (Å²) >= 11 is 0. The van der Waals surface area contributed by atoms with Gasteiger partial charge in [0.25, 0.3) is 17.5 Å². The van der Waals surface area contributed by atoms with Crippen LogP contribution in [0.3, 0.4) is 0 Å². The number of non-ortho nitro benzene ring substituents is 1. The van der Waals surface area contributed by atoms with E-state index < -0.39 is 16.7 Å². The highest BCUT2D eigenvalue weighted by atomic mass is 16.6. The Morgan fingerprint density at radius 2 is 1.62 bits per heavy atom. The number of hydrogen-bond donors (Lipinski definition) is 2. The van der Waals surface area contributed by atoms with E-state index in [4.69, 9.17) is 0 Å². The summed E-state index contributed by atoms with van der Waals surface area (Å²) in [5, 5.41) is 38.5. The Balaban J connectivity index is 1.86. The number of carbonyl (C=O) groups is 2. The molecule has 10 heteroatoms. The summed E-state index contributed by atoms with van der Waals surface area (Å²) in [6.07, 6.45) is 0.682. The molecule has 2 aromatic carbocycles. The molecule has 10 nitrogen and oxygen atoms in total. The van der Waals surface area contributed by atoms with Crippen LogP contribution < -0.4 is 0 Å². The van der Waals surface area contributed by atoms with E-state index in [1.54, 1.807) is 0 Å². The van der Waals surface area contributed by atoms with Gasteiger partial charge in [-0.2, -0.15) is 0 Å². The fourth-order valence-corrected chi connectivity index (χ4v) is 2.84. The molecule has 3 aromatic rings. The molecule has 3 rings (SSSR count). The number of nitrogens with zero attached hydrogens (tertiary/aromatic N) is 4. The summed E-state index contributed by atoms with van der Waals surface area (Å²) in [7, 11) is 0. The van der Waals surface area contributed by atoms with Gasteiger partial charge in [0, 0.05) is 35.0 Å². The molecular weight excluding hydrogens is 380 g/mol. The number of rotatable bonds is 5. The van der Waals surface area contributed by atoms with E-state index >= 15 is 0 Å². The van der Waals surface area contributed by atoms with E-state index in [0.717, 1.165) is 6.07 Å². The zero-order chi connectivity index (χ0) is 21.1. The van der Waals surface area contributed by atoms with Gasteiger partial charge in [0.05, 0.1) is 10.5 Å². The Morgan fingerprint density at radius 1 is 1.00 bits per heavy atom. The minimum absolute atomic E-state index is 0.0528. The van der Waals surface area contributed by atoms with Gasteiger partial charge < -0.3 is 10.2 Å². The molecule has 0 aliphatic rings. The van der Waals surface area contributed by atoms with Gasteiger partial charge >= 0.3 is 0 Å². The SMILES string of the molecule is CCCn1c(O)c2ccc(C(=O)N=NC(=O)c3cccc([N+](=O)[O-])c3)cc2c1O. The maximum absolute atomic E-state index is 12.3. The van der Waals surface area contributed by atoms with Crippen LogP contribution in [0.4, 0.5) is 5.69 Å².